The predicted molar refractivity (Wildman–Crippen MR) is 123 cm³/mol. The summed E-state index contributed by atoms with van der Waals surface area (Å²) < 4.78 is 14.3. The maximum atomic E-state index is 14.3. The number of hydrogen-bond donors (Lipinski definition) is 2. The molecule has 0 fully saturated rings. The summed E-state index contributed by atoms with van der Waals surface area (Å²) in [5, 5.41) is 5.40. The molecule has 2 rings (SSSR count). The molecule has 166 valence electrons. The lowest BCUT2D eigenvalue weighted by atomic mass is 9.78. The number of halogens is 1. The van der Waals surface area contributed by atoms with E-state index < -0.39 is 17.1 Å². The van der Waals surface area contributed by atoms with Crippen LogP contribution in [0.25, 0.3) is 0 Å². The largest absolute Gasteiger partial charge is 0.355 e. The summed E-state index contributed by atoms with van der Waals surface area (Å²) in [5.74, 6) is -1.22. The summed E-state index contributed by atoms with van der Waals surface area (Å²) >= 11 is 0. The van der Waals surface area contributed by atoms with Gasteiger partial charge in [0.25, 0.3) is 5.91 Å². The van der Waals surface area contributed by atoms with Crippen LogP contribution in [-0.4, -0.2) is 50.4 Å². The van der Waals surface area contributed by atoms with E-state index in [4.69, 9.17) is 0 Å². The highest BCUT2D eigenvalue weighted by atomic mass is 19.1. The Bertz CT molecular complexity index is 939. The van der Waals surface area contributed by atoms with Gasteiger partial charge in [0.05, 0.1) is 5.56 Å². The monoisotopic (exact) mass is 425 g/mol. The highest BCUT2D eigenvalue weighted by Crippen LogP contribution is 2.30. The maximum Gasteiger partial charge on any atom is 0.253 e. The Hall–Kier alpha value is -2.99. The number of carbonyl (C=O) groups is 2. The quantitative estimate of drug-likeness (QED) is 0.606. The molecule has 0 unspecified atom stereocenters. The number of benzene rings is 2. The van der Waals surface area contributed by atoms with Crippen LogP contribution < -0.4 is 10.6 Å². The number of amides is 2. The first-order chi connectivity index (χ1) is 14.6. The van der Waals surface area contributed by atoms with Gasteiger partial charge in [0.15, 0.2) is 0 Å². The van der Waals surface area contributed by atoms with E-state index in [1.165, 1.54) is 19.2 Å². The molecule has 0 radical (unpaired) electrons. The summed E-state index contributed by atoms with van der Waals surface area (Å²) in [6.07, 6.45) is 0.521. The van der Waals surface area contributed by atoms with Gasteiger partial charge in [-0.3, -0.25) is 9.59 Å². The Labute approximate surface area is 184 Å². The van der Waals surface area contributed by atoms with Crippen LogP contribution in [0.3, 0.4) is 0 Å². The molecule has 6 heteroatoms. The van der Waals surface area contributed by atoms with Crippen LogP contribution >= 0.6 is 0 Å². The Morgan fingerprint density at radius 1 is 1.13 bits per heavy atom. The second-order valence-corrected chi connectivity index (χ2v) is 8.39. The van der Waals surface area contributed by atoms with Crippen LogP contribution in [0, 0.1) is 5.82 Å². The second kappa shape index (κ2) is 10.4. The molecular formula is C25H32FN3O2. The molecule has 2 aromatic rings. The molecule has 0 heterocycles. The summed E-state index contributed by atoms with van der Waals surface area (Å²) in [7, 11) is 5.29. The average molecular weight is 426 g/mol. The van der Waals surface area contributed by atoms with Gasteiger partial charge in [-0.2, -0.15) is 0 Å². The normalized spacial score (nSPS) is 12.4. The lowest BCUT2D eigenvalue weighted by Gasteiger charge is -2.29. The van der Waals surface area contributed by atoms with Crippen molar-refractivity contribution in [2.75, 3.05) is 27.7 Å². The van der Waals surface area contributed by atoms with Gasteiger partial charge < -0.3 is 15.5 Å². The van der Waals surface area contributed by atoms with Crippen molar-refractivity contribution in [2.45, 2.75) is 31.7 Å². The fourth-order valence-electron chi connectivity index (χ4n) is 3.34. The van der Waals surface area contributed by atoms with E-state index in [2.05, 4.69) is 17.2 Å². The Morgan fingerprint density at radius 2 is 1.77 bits per heavy atom. The molecule has 0 spiro atoms. The third kappa shape index (κ3) is 6.01. The Balaban J connectivity index is 2.05. The van der Waals surface area contributed by atoms with Gasteiger partial charge in [0.1, 0.15) is 5.82 Å². The van der Waals surface area contributed by atoms with E-state index in [1.807, 2.05) is 63.2 Å². The van der Waals surface area contributed by atoms with E-state index in [0.717, 1.165) is 11.1 Å². The number of nitrogens with zero attached hydrogens (tertiary/aromatic N) is 1. The fourth-order valence-corrected chi connectivity index (χ4v) is 3.34. The molecule has 2 amide bonds. The SMILES string of the molecule is C=C(C(=O)NC[C@H](Cc1ccc(C(=O)NC)c(F)c1)N(C)C)C(C)(C)c1ccccc1. The molecule has 0 saturated carbocycles. The van der Waals surface area contributed by atoms with Gasteiger partial charge in [-0.25, -0.2) is 4.39 Å². The number of rotatable bonds is 9. The zero-order valence-corrected chi connectivity index (χ0v) is 19.0. The molecule has 0 aliphatic rings. The first kappa shape index (κ1) is 24.3. The molecule has 0 bridgehead atoms. The third-order valence-corrected chi connectivity index (χ3v) is 5.73. The molecule has 0 aliphatic heterocycles. The van der Waals surface area contributed by atoms with Crippen molar-refractivity contribution in [3.8, 4) is 0 Å². The zero-order chi connectivity index (χ0) is 23.2. The minimum Gasteiger partial charge on any atom is -0.355 e. The van der Waals surface area contributed by atoms with E-state index in [0.29, 0.717) is 18.5 Å². The molecular weight excluding hydrogens is 393 g/mol. The lowest BCUT2D eigenvalue weighted by Crippen LogP contribution is -2.43. The van der Waals surface area contributed by atoms with Crippen LogP contribution in [0.5, 0.6) is 0 Å². The van der Waals surface area contributed by atoms with Crippen molar-refractivity contribution in [1.29, 1.82) is 0 Å². The van der Waals surface area contributed by atoms with E-state index in [-0.39, 0.29) is 17.5 Å². The van der Waals surface area contributed by atoms with E-state index >= 15 is 0 Å². The molecule has 1 atom stereocenters. The number of carbonyl (C=O) groups excluding carboxylic acids is 2. The number of hydrogen-bond acceptors (Lipinski definition) is 3. The highest BCUT2D eigenvalue weighted by Gasteiger charge is 2.29. The summed E-state index contributed by atoms with van der Waals surface area (Å²) in [6, 6.07) is 14.3. The molecule has 2 aromatic carbocycles. The average Bonchev–Trinajstić information content (AvgIpc) is 2.75. The smallest absolute Gasteiger partial charge is 0.253 e. The molecule has 2 N–H and O–H groups in total. The standard InChI is InChI=1S/C25H32FN3O2/c1-17(25(2,3)19-10-8-7-9-11-19)23(30)28-16-20(29(5)6)14-18-12-13-21(22(26)15-18)24(31)27-4/h7-13,15,20H,1,14,16H2,2-6H3,(H,27,31)(H,28,30)/t20-/m0/s1. The summed E-state index contributed by atoms with van der Waals surface area (Å²) in [5.41, 5.74) is 1.77. The lowest BCUT2D eigenvalue weighted by molar-refractivity contribution is -0.118. The minimum atomic E-state index is -0.559. The van der Waals surface area contributed by atoms with Crippen molar-refractivity contribution in [3.05, 3.63) is 83.2 Å². The zero-order valence-electron chi connectivity index (χ0n) is 19.0. The van der Waals surface area contributed by atoms with Crippen LogP contribution in [-0.2, 0) is 16.6 Å². The first-order valence-electron chi connectivity index (χ1n) is 10.3. The number of nitrogens with one attached hydrogen (secondary N) is 2. The minimum absolute atomic E-state index is 0.0143. The van der Waals surface area contributed by atoms with Crippen LogP contribution in [0.15, 0.2) is 60.7 Å². The van der Waals surface area contributed by atoms with E-state index in [9.17, 15) is 14.0 Å². The van der Waals surface area contributed by atoms with Gasteiger partial charge in [0, 0.05) is 30.6 Å². The van der Waals surface area contributed by atoms with Crippen LogP contribution in [0.1, 0.15) is 35.3 Å². The Morgan fingerprint density at radius 3 is 2.32 bits per heavy atom. The summed E-state index contributed by atoms with van der Waals surface area (Å²) in [4.78, 5) is 26.5. The van der Waals surface area contributed by atoms with E-state index in [1.54, 1.807) is 6.07 Å². The second-order valence-electron chi connectivity index (χ2n) is 8.39. The van der Waals surface area contributed by atoms with Crippen molar-refractivity contribution in [2.24, 2.45) is 0 Å². The molecule has 0 aliphatic carbocycles. The molecule has 0 saturated heterocycles. The van der Waals surface area contributed by atoms with Crippen molar-refractivity contribution in [3.63, 3.8) is 0 Å². The Kier molecular flexibility index (Phi) is 8.11. The number of likely N-dealkylation sites (N-methyl/N-ethyl adjacent to an activating group) is 1. The molecule has 0 aromatic heterocycles. The van der Waals surface area contributed by atoms with Crippen molar-refractivity contribution < 1.29 is 14.0 Å². The van der Waals surface area contributed by atoms with Crippen molar-refractivity contribution >= 4 is 11.8 Å². The van der Waals surface area contributed by atoms with Crippen LogP contribution in [0.4, 0.5) is 4.39 Å². The first-order valence-corrected chi connectivity index (χ1v) is 10.3. The maximum absolute atomic E-state index is 14.3. The fraction of sp³-hybridized carbons (Fsp3) is 0.360. The highest BCUT2D eigenvalue weighted by molar-refractivity contribution is 5.95. The van der Waals surface area contributed by atoms with Crippen molar-refractivity contribution in [1.82, 2.24) is 15.5 Å². The summed E-state index contributed by atoms with van der Waals surface area (Å²) in [6.45, 7) is 8.38. The molecule has 5 nitrogen and oxygen atoms in total. The molecule has 31 heavy (non-hydrogen) atoms. The van der Waals surface area contributed by atoms with Gasteiger partial charge in [-0.1, -0.05) is 56.8 Å². The van der Waals surface area contributed by atoms with Gasteiger partial charge in [0.2, 0.25) is 5.91 Å². The van der Waals surface area contributed by atoms with Gasteiger partial charge >= 0.3 is 0 Å². The van der Waals surface area contributed by atoms with Gasteiger partial charge in [-0.15, -0.1) is 0 Å². The third-order valence-electron chi connectivity index (χ3n) is 5.73. The predicted octanol–water partition coefficient (Wildman–Crippen LogP) is 3.31. The topological polar surface area (TPSA) is 61.4 Å². The van der Waals surface area contributed by atoms with Crippen LogP contribution in [0.2, 0.25) is 0 Å². The van der Waals surface area contributed by atoms with Gasteiger partial charge in [-0.05, 0) is 43.8 Å².